The van der Waals surface area contributed by atoms with Crippen molar-refractivity contribution >= 4 is 0 Å². The van der Waals surface area contributed by atoms with Crippen molar-refractivity contribution in [3.05, 3.63) is 29.8 Å². The maximum Gasteiger partial charge on any atom is 0.259 e. The molecular formula is C19H27N3O. The SMILES string of the molecule is CCCCCC1CCC(c2noc(-c3cccnc3C)n2)CC1. The van der Waals surface area contributed by atoms with Gasteiger partial charge in [-0.25, -0.2) is 0 Å². The lowest BCUT2D eigenvalue weighted by molar-refractivity contribution is 0.292. The molecule has 0 radical (unpaired) electrons. The molecule has 0 unspecified atom stereocenters. The Morgan fingerprint density at radius 2 is 2.00 bits per heavy atom. The molecule has 2 aromatic rings. The molecule has 23 heavy (non-hydrogen) atoms. The highest BCUT2D eigenvalue weighted by atomic mass is 16.5. The summed E-state index contributed by atoms with van der Waals surface area (Å²) < 4.78 is 5.49. The number of unbranched alkanes of at least 4 members (excludes halogenated alkanes) is 2. The van der Waals surface area contributed by atoms with Gasteiger partial charge in [0.2, 0.25) is 0 Å². The minimum atomic E-state index is 0.465. The Bertz CT molecular complexity index is 615. The molecule has 4 heteroatoms. The molecule has 4 nitrogen and oxygen atoms in total. The van der Waals surface area contributed by atoms with Crippen LogP contribution in [-0.2, 0) is 0 Å². The first-order valence-electron chi connectivity index (χ1n) is 9.03. The van der Waals surface area contributed by atoms with E-state index >= 15 is 0 Å². The fourth-order valence-corrected chi connectivity index (χ4v) is 3.61. The van der Waals surface area contributed by atoms with E-state index in [1.54, 1.807) is 6.20 Å². The third-order valence-electron chi connectivity index (χ3n) is 5.11. The molecule has 2 heterocycles. The topological polar surface area (TPSA) is 51.8 Å². The number of hydrogen-bond donors (Lipinski definition) is 0. The first kappa shape index (κ1) is 16.2. The van der Waals surface area contributed by atoms with Crippen molar-refractivity contribution in [2.75, 3.05) is 0 Å². The van der Waals surface area contributed by atoms with Gasteiger partial charge in [-0.1, -0.05) is 37.8 Å². The summed E-state index contributed by atoms with van der Waals surface area (Å²) in [4.78, 5) is 8.94. The summed E-state index contributed by atoms with van der Waals surface area (Å²) in [5.41, 5.74) is 1.88. The monoisotopic (exact) mass is 313 g/mol. The van der Waals surface area contributed by atoms with Crippen LogP contribution >= 0.6 is 0 Å². The molecule has 0 N–H and O–H groups in total. The molecule has 1 aliphatic rings. The zero-order valence-corrected chi connectivity index (χ0v) is 14.3. The van der Waals surface area contributed by atoms with Gasteiger partial charge in [0.1, 0.15) is 0 Å². The van der Waals surface area contributed by atoms with E-state index in [-0.39, 0.29) is 0 Å². The molecule has 124 valence electrons. The lowest BCUT2D eigenvalue weighted by Crippen LogP contribution is -2.14. The molecule has 0 saturated heterocycles. The fraction of sp³-hybridized carbons (Fsp3) is 0.632. The van der Waals surface area contributed by atoms with Crippen LogP contribution in [-0.4, -0.2) is 15.1 Å². The van der Waals surface area contributed by atoms with Crippen LogP contribution in [0, 0.1) is 12.8 Å². The highest BCUT2D eigenvalue weighted by molar-refractivity contribution is 5.55. The molecule has 0 atom stereocenters. The van der Waals surface area contributed by atoms with Crippen molar-refractivity contribution in [1.82, 2.24) is 15.1 Å². The summed E-state index contributed by atoms with van der Waals surface area (Å²) in [6.45, 7) is 4.25. The molecule has 0 amide bonds. The van der Waals surface area contributed by atoms with Crippen molar-refractivity contribution in [3.63, 3.8) is 0 Å². The molecule has 3 rings (SSSR count). The zero-order valence-electron chi connectivity index (χ0n) is 14.3. The Morgan fingerprint density at radius 3 is 2.74 bits per heavy atom. The van der Waals surface area contributed by atoms with Gasteiger partial charge in [-0.3, -0.25) is 4.98 Å². The second-order valence-corrected chi connectivity index (χ2v) is 6.81. The predicted molar refractivity (Wildman–Crippen MR) is 91.1 cm³/mol. The van der Waals surface area contributed by atoms with Crippen molar-refractivity contribution in [3.8, 4) is 11.5 Å². The lowest BCUT2D eigenvalue weighted by atomic mass is 9.79. The number of hydrogen-bond acceptors (Lipinski definition) is 4. The molecule has 0 bridgehead atoms. The van der Waals surface area contributed by atoms with Crippen LogP contribution in [0.5, 0.6) is 0 Å². The van der Waals surface area contributed by atoms with Crippen molar-refractivity contribution in [2.45, 2.75) is 71.1 Å². The van der Waals surface area contributed by atoms with Gasteiger partial charge in [-0.15, -0.1) is 0 Å². The van der Waals surface area contributed by atoms with Gasteiger partial charge < -0.3 is 4.52 Å². The van der Waals surface area contributed by atoms with Crippen molar-refractivity contribution < 1.29 is 4.52 Å². The van der Waals surface area contributed by atoms with Crippen molar-refractivity contribution in [2.24, 2.45) is 5.92 Å². The van der Waals surface area contributed by atoms with Gasteiger partial charge in [-0.05, 0) is 50.7 Å². The normalized spacial score (nSPS) is 21.5. The minimum Gasteiger partial charge on any atom is -0.334 e. The Kier molecular flexibility index (Phi) is 5.42. The number of aromatic nitrogens is 3. The van der Waals surface area contributed by atoms with E-state index < -0.39 is 0 Å². The second-order valence-electron chi connectivity index (χ2n) is 6.81. The summed E-state index contributed by atoms with van der Waals surface area (Å²) in [5.74, 6) is 2.86. The molecule has 1 aliphatic carbocycles. The standard InChI is InChI=1S/C19H27N3O/c1-3-4-5-7-15-9-11-16(12-10-15)18-21-19(23-22-18)17-8-6-13-20-14(17)2/h6,8,13,15-16H,3-5,7,9-12H2,1-2H3. The first-order chi connectivity index (χ1) is 11.3. The van der Waals surface area contributed by atoms with E-state index in [0.717, 1.165) is 23.0 Å². The molecule has 0 spiro atoms. The molecule has 1 fully saturated rings. The average molecular weight is 313 g/mol. The summed E-state index contributed by atoms with van der Waals surface area (Å²) in [5, 5.41) is 4.24. The molecule has 2 aromatic heterocycles. The number of aryl methyl sites for hydroxylation is 1. The Hall–Kier alpha value is -1.71. The van der Waals surface area contributed by atoms with Gasteiger partial charge in [0.15, 0.2) is 5.82 Å². The van der Waals surface area contributed by atoms with Crippen LogP contribution < -0.4 is 0 Å². The van der Waals surface area contributed by atoms with Crippen LogP contribution in [0.2, 0.25) is 0 Å². The van der Waals surface area contributed by atoms with E-state index in [1.165, 1.54) is 51.4 Å². The molecule has 0 aliphatic heterocycles. The van der Waals surface area contributed by atoms with Crippen LogP contribution in [0.4, 0.5) is 0 Å². The molecular weight excluding hydrogens is 286 g/mol. The third kappa shape index (κ3) is 3.98. The quantitative estimate of drug-likeness (QED) is 0.679. The van der Waals surface area contributed by atoms with Gasteiger partial charge in [0.05, 0.1) is 5.56 Å². The lowest BCUT2D eigenvalue weighted by Gasteiger charge is -2.26. The van der Waals surface area contributed by atoms with Gasteiger partial charge in [-0.2, -0.15) is 4.98 Å². The zero-order chi connectivity index (χ0) is 16.1. The van der Waals surface area contributed by atoms with Crippen LogP contribution in [0.25, 0.3) is 11.5 Å². The van der Waals surface area contributed by atoms with Crippen LogP contribution in [0.3, 0.4) is 0 Å². The van der Waals surface area contributed by atoms with Crippen molar-refractivity contribution in [1.29, 1.82) is 0 Å². The molecule has 1 saturated carbocycles. The predicted octanol–water partition coefficient (Wildman–Crippen LogP) is 5.29. The summed E-state index contributed by atoms with van der Waals surface area (Å²) >= 11 is 0. The number of pyridine rings is 1. The first-order valence-corrected chi connectivity index (χ1v) is 9.03. The average Bonchev–Trinajstić information content (AvgIpc) is 3.06. The summed E-state index contributed by atoms with van der Waals surface area (Å²) in [6.07, 6.45) is 12.3. The maximum absolute atomic E-state index is 5.49. The number of nitrogens with zero attached hydrogens (tertiary/aromatic N) is 3. The van der Waals surface area contributed by atoms with E-state index in [1.807, 2.05) is 19.1 Å². The molecule has 0 aromatic carbocycles. The Morgan fingerprint density at radius 1 is 1.17 bits per heavy atom. The van der Waals surface area contributed by atoms with E-state index in [9.17, 15) is 0 Å². The highest BCUT2D eigenvalue weighted by Crippen LogP contribution is 2.37. The summed E-state index contributed by atoms with van der Waals surface area (Å²) in [6, 6.07) is 3.90. The van der Waals surface area contributed by atoms with Crippen LogP contribution in [0.1, 0.15) is 75.7 Å². The van der Waals surface area contributed by atoms with Gasteiger partial charge in [0.25, 0.3) is 5.89 Å². The highest BCUT2D eigenvalue weighted by Gasteiger charge is 2.26. The third-order valence-corrected chi connectivity index (χ3v) is 5.11. The fourth-order valence-electron chi connectivity index (χ4n) is 3.61. The Labute approximate surface area is 138 Å². The van der Waals surface area contributed by atoms with E-state index in [2.05, 4.69) is 22.0 Å². The Balaban J connectivity index is 1.59. The largest absolute Gasteiger partial charge is 0.334 e. The maximum atomic E-state index is 5.49. The van der Waals surface area contributed by atoms with E-state index in [4.69, 9.17) is 4.52 Å². The number of rotatable bonds is 6. The van der Waals surface area contributed by atoms with Crippen LogP contribution in [0.15, 0.2) is 22.9 Å². The summed E-state index contributed by atoms with van der Waals surface area (Å²) in [7, 11) is 0. The van der Waals surface area contributed by atoms with Gasteiger partial charge >= 0.3 is 0 Å². The minimum absolute atomic E-state index is 0.465. The second kappa shape index (κ2) is 7.71. The smallest absolute Gasteiger partial charge is 0.259 e. The van der Waals surface area contributed by atoms with E-state index in [0.29, 0.717) is 11.8 Å². The van der Waals surface area contributed by atoms with Gasteiger partial charge in [0, 0.05) is 17.8 Å².